The lowest BCUT2D eigenvalue weighted by Crippen LogP contribution is -2.13. The zero-order valence-corrected chi connectivity index (χ0v) is 8.94. The van der Waals surface area contributed by atoms with Gasteiger partial charge in [-0.15, -0.1) is 12.6 Å². The second-order valence-corrected chi connectivity index (χ2v) is 4.53. The van der Waals surface area contributed by atoms with E-state index < -0.39 is 0 Å². The summed E-state index contributed by atoms with van der Waals surface area (Å²) in [7, 11) is 0. The lowest BCUT2D eigenvalue weighted by molar-refractivity contribution is 0.565. The van der Waals surface area contributed by atoms with Crippen LogP contribution in [0.1, 0.15) is 32.2 Å². The van der Waals surface area contributed by atoms with E-state index in [1.807, 2.05) is 19.1 Å². The number of hydrogen-bond acceptors (Lipinski definition) is 2. The van der Waals surface area contributed by atoms with Gasteiger partial charge in [-0.1, -0.05) is 20.8 Å². The van der Waals surface area contributed by atoms with Crippen molar-refractivity contribution < 1.29 is 0 Å². The maximum Gasteiger partial charge on any atom is 0.0509 e. The second kappa shape index (κ2) is 3.09. The Morgan fingerprint density at radius 2 is 1.83 bits per heavy atom. The Labute approximate surface area is 79.6 Å². The first-order valence-electron chi connectivity index (χ1n) is 4.08. The Balaban J connectivity index is 3.14. The van der Waals surface area contributed by atoms with E-state index in [0.29, 0.717) is 0 Å². The summed E-state index contributed by atoms with van der Waals surface area (Å²) in [5.41, 5.74) is 2.26. The molecule has 0 aliphatic carbocycles. The van der Waals surface area contributed by atoms with E-state index in [-0.39, 0.29) is 5.41 Å². The topological polar surface area (TPSA) is 12.9 Å². The zero-order chi connectivity index (χ0) is 9.35. The molecule has 0 aliphatic heterocycles. The lowest BCUT2D eigenvalue weighted by Gasteiger charge is -2.18. The van der Waals surface area contributed by atoms with E-state index in [2.05, 4.69) is 38.4 Å². The third-order valence-corrected chi connectivity index (χ3v) is 2.30. The van der Waals surface area contributed by atoms with Gasteiger partial charge in [-0.3, -0.25) is 4.98 Å². The number of rotatable bonds is 0. The maximum absolute atomic E-state index is 4.47. The Morgan fingerprint density at radius 3 is 2.25 bits per heavy atom. The zero-order valence-electron chi connectivity index (χ0n) is 8.05. The molecule has 1 rings (SSSR count). The first-order valence-corrected chi connectivity index (χ1v) is 4.53. The van der Waals surface area contributed by atoms with Gasteiger partial charge in [-0.2, -0.15) is 0 Å². The normalized spacial score (nSPS) is 11.8. The van der Waals surface area contributed by atoms with Crippen molar-refractivity contribution in [3.05, 3.63) is 23.5 Å². The molecule has 0 fully saturated rings. The molecule has 1 nitrogen and oxygen atoms in total. The highest BCUT2D eigenvalue weighted by molar-refractivity contribution is 7.80. The predicted octanol–water partition coefficient (Wildman–Crippen LogP) is 2.98. The minimum atomic E-state index is 0.131. The highest BCUT2D eigenvalue weighted by Crippen LogP contribution is 2.22. The van der Waals surface area contributed by atoms with Crippen molar-refractivity contribution in [1.82, 2.24) is 4.98 Å². The summed E-state index contributed by atoms with van der Waals surface area (Å²) in [5, 5.41) is 0. The summed E-state index contributed by atoms with van der Waals surface area (Å²) in [5.74, 6) is 0. The molecule has 0 spiro atoms. The summed E-state index contributed by atoms with van der Waals surface area (Å²) in [6.07, 6.45) is 0. The highest BCUT2D eigenvalue weighted by Gasteiger charge is 2.15. The Kier molecular flexibility index (Phi) is 2.47. The molecule has 0 unspecified atom stereocenters. The van der Waals surface area contributed by atoms with Gasteiger partial charge in [-0.05, 0) is 19.1 Å². The van der Waals surface area contributed by atoms with Crippen molar-refractivity contribution in [2.75, 3.05) is 0 Å². The molecule has 0 amide bonds. The van der Waals surface area contributed by atoms with Crippen LogP contribution in [0.2, 0.25) is 0 Å². The average Bonchev–Trinajstić information content (AvgIpc) is 1.92. The SMILES string of the molecule is Cc1nc(C(C)(C)C)ccc1S. The summed E-state index contributed by atoms with van der Waals surface area (Å²) < 4.78 is 0. The second-order valence-electron chi connectivity index (χ2n) is 4.05. The Bertz CT molecular complexity index is 286. The molecule has 0 atom stereocenters. The molecule has 0 bridgehead atoms. The standard InChI is InChI=1S/C10H15NS/c1-7-8(12)5-6-9(11-7)10(2,3)4/h5-6,12H,1-4H3. The van der Waals surface area contributed by atoms with Gasteiger partial charge in [0.25, 0.3) is 0 Å². The molecule has 0 saturated carbocycles. The van der Waals surface area contributed by atoms with Crippen molar-refractivity contribution in [3.63, 3.8) is 0 Å². The van der Waals surface area contributed by atoms with Crippen LogP contribution < -0.4 is 0 Å². The van der Waals surface area contributed by atoms with Crippen LogP contribution in [0, 0.1) is 6.92 Å². The molecule has 2 heteroatoms. The van der Waals surface area contributed by atoms with Gasteiger partial charge in [0.2, 0.25) is 0 Å². The maximum atomic E-state index is 4.47. The highest BCUT2D eigenvalue weighted by atomic mass is 32.1. The lowest BCUT2D eigenvalue weighted by atomic mass is 9.91. The van der Waals surface area contributed by atoms with Gasteiger partial charge < -0.3 is 0 Å². The van der Waals surface area contributed by atoms with E-state index in [1.165, 1.54) is 0 Å². The van der Waals surface area contributed by atoms with E-state index in [9.17, 15) is 0 Å². The molecule has 12 heavy (non-hydrogen) atoms. The summed E-state index contributed by atoms with van der Waals surface area (Å²) >= 11 is 4.28. The van der Waals surface area contributed by atoms with Crippen molar-refractivity contribution in [2.45, 2.75) is 38.0 Å². The minimum Gasteiger partial charge on any atom is -0.256 e. The van der Waals surface area contributed by atoms with Gasteiger partial charge in [-0.25, -0.2) is 0 Å². The smallest absolute Gasteiger partial charge is 0.0509 e. The molecule has 1 aromatic heterocycles. The Hall–Kier alpha value is -0.500. The fraction of sp³-hybridized carbons (Fsp3) is 0.500. The van der Waals surface area contributed by atoms with Crippen molar-refractivity contribution in [1.29, 1.82) is 0 Å². The van der Waals surface area contributed by atoms with Gasteiger partial charge in [0, 0.05) is 16.0 Å². The van der Waals surface area contributed by atoms with E-state index in [4.69, 9.17) is 0 Å². The number of thiol groups is 1. The van der Waals surface area contributed by atoms with Gasteiger partial charge in [0.1, 0.15) is 0 Å². The van der Waals surface area contributed by atoms with Crippen LogP contribution in [0.3, 0.4) is 0 Å². The van der Waals surface area contributed by atoms with Crippen LogP contribution in [0.25, 0.3) is 0 Å². The fourth-order valence-electron chi connectivity index (χ4n) is 0.971. The van der Waals surface area contributed by atoms with Crippen LogP contribution in [-0.4, -0.2) is 4.98 Å². The van der Waals surface area contributed by atoms with Crippen LogP contribution in [0.15, 0.2) is 17.0 Å². The molecule has 0 N–H and O–H groups in total. The molecular weight excluding hydrogens is 166 g/mol. The van der Waals surface area contributed by atoms with Crippen LogP contribution in [0.5, 0.6) is 0 Å². The largest absolute Gasteiger partial charge is 0.256 e. The molecule has 0 radical (unpaired) electrons. The molecule has 1 aromatic rings. The number of aromatic nitrogens is 1. The van der Waals surface area contributed by atoms with E-state index >= 15 is 0 Å². The minimum absolute atomic E-state index is 0.131. The number of nitrogens with zero attached hydrogens (tertiary/aromatic N) is 1. The van der Waals surface area contributed by atoms with Gasteiger partial charge in [0.05, 0.1) is 5.69 Å². The molecule has 0 saturated heterocycles. The quantitative estimate of drug-likeness (QED) is 0.607. The molecule has 1 heterocycles. The summed E-state index contributed by atoms with van der Waals surface area (Å²) in [6.45, 7) is 8.46. The van der Waals surface area contributed by atoms with Gasteiger partial charge in [0.15, 0.2) is 0 Å². The Morgan fingerprint density at radius 1 is 1.25 bits per heavy atom. The average molecular weight is 181 g/mol. The fourth-order valence-corrected chi connectivity index (χ4v) is 1.10. The number of hydrogen-bond donors (Lipinski definition) is 1. The summed E-state index contributed by atoms with van der Waals surface area (Å²) in [4.78, 5) is 5.43. The van der Waals surface area contributed by atoms with Crippen LogP contribution in [0.4, 0.5) is 0 Å². The molecule has 0 aliphatic rings. The first kappa shape index (κ1) is 9.59. The third kappa shape index (κ3) is 2.01. The van der Waals surface area contributed by atoms with Crippen LogP contribution >= 0.6 is 12.6 Å². The van der Waals surface area contributed by atoms with Crippen LogP contribution in [-0.2, 0) is 5.41 Å². The molecular formula is C10H15NS. The van der Waals surface area contributed by atoms with Crippen molar-refractivity contribution >= 4 is 12.6 Å². The molecule has 0 aromatic carbocycles. The van der Waals surface area contributed by atoms with E-state index in [0.717, 1.165) is 16.3 Å². The third-order valence-electron chi connectivity index (χ3n) is 1.83. The predicted molar refractivity (Wildman–Crippen MR) is 54.9 cm³/mol. The first-order chi connectivity index (χ1) is 5.41. The van der Waals surface area contributed by atoms with Crippen molar-refractivity contribution in [2.24, 2.45) is 0 Å². The van der Waals surface area contributed by atoms with E-state index in [1.54, 1.807) is 0 Å². The summed E-state index contributed by atoms with van der Waals surface area (Å²) in [6, 6.07) is 4.04. The monoisotopic (exact) mass is 181 g/mol. The van der Waals surface area contributed by atoms with Gasteiger partial charge >= 0.3 is 0 Å². The number of aryl methyl sites for hydroxylation is 1. The number of pyridine rings is 1. The van der Waals surface area contributed by atoms with Crippen molar-refractivity contribution in [3.8, 4) is 0 Å². The molecule has 66 valence electrons.